The largest absolute Gasteiger partial charge is 0.465 e. The Morgan fingerprint density at radius 1 is 1.18 bits per heavy atom. The Morgan fingerprint density at radius 2 is 1.96 bits per heavy atom. The van der Waals surface area contributed by atoms with Crippen molar-refractivity contribution in [2.75, 3.05) is 20.2 Å². The van der Waals surface area contributed by atoms with E-state index in [1.54, 1.807) is 40.5 Å². The summed E-state index contributed by atoms with van der Waals surface area (Å²) in [4.78, 5) is 26.2. The van der Waals surface area contributed by atoms with E-state index in [2.05, 4.69) is 14.9 Å². The Kier molecular flexibility index (Phi) is 5.21. The first-order valence-electron chi connectivity index (χ1n) is 8.99. The number of rotatable bonds is 4. The van der Waals surface area contributed by atoms with Crippen LogP contribution in [-0.2, 0) is 4.74 Å². The van der Waals surface area contributed by atoms with Crippen LogP contribution in [0.3, 0.4) is 0 Å². The maximum absolute atomic E-state index is 12.9. The maximum atomic E-state index is 12.9. The van der Waals surface area contributed by atoms with Gasteiger partial charge in [-0.05, 0) is 48.6 Å². The minimum absolute atomic E-state index is 0.0203. The molecule has 0 aliphatic carbocycles. The number of hydrogen-bond donors (Lipinski definition) is 0. The van der Waals surface area contributed by atoms with Gasteiger partial charge in [0.05, 0.1) is 18.6 Å². The zero-order valence-electron chi connectivity index (χ0n) is 15.3. The minimum Gasteiger partial charge on any atom is -0.465 e. The van der Waals surface area contributed by atoms with Crippen LogP contribution in [0.4, 0.5) is 0 Å². The van der Waals surface area contributed by atoms with E-state index in [1.165, 1.54) is 7.11 Å². The molecule has 1 aliphatic rings. The summed E-state index contributed by atoms with van der Waals surface area (Å²) in [6.45, 7) is 1.21. The number of methoxy groups -OCH3 is 1. The van der Waals surface area contributed by atoms with Crippen molar-refractivity contribution in [3.05, 3.63) is 58.1 Å². The topological polar surface area (TPSA) is 85.5 Å². The molecule has 1 atom stereocenters. The Bertz CT molecular complexity index is 966. The van der Waals surface area contributed by atoms with Crippen molar-refractivity contribution in [1.82, 2.24) is 15.1 Å². The van der Waals surface area contributed by atoms with Crippen molar-refractivity contribution in [3.8, 4) is 11.5 Å². The molecule has 0 N–H and O–H groups in total. The fraction of sp³-hybridized carbons (Fsp3) is 0.300. The van der Waals surface area contributed by atoms with Crippen LogP contribution in [0.25, 0.3) is 11.5 Å². The second kappa shape index (κ2) is 7.93. The summed E-state index contributed by atoms with van der Waals surface area (Å²) in [7, 11) is 1.33. The van der Waals surface area contributed by atoms with Crippen LogP contribution >= 0.6 is 11.3 Å². The molecule has 4 rings (SSSR count). The van der Waals surface area contributed by atoms with Gasteiger partial charge in [0.25, 0.3) is 5.91 Å². The molecular weight excluding hydrogens is 378 g/mol. The number of esters is 1. The third kappa shape index (κ3) is 3.68. The fourth-order valence-electron chi connectivity index (χ4n) is 3.31. The molecule has 1 fully saturated rings. The summed E-state index contributed by atoms with van der Waals surface area (Å²) in [5, 5.41) is 12.3. The van der Waals surface area contributed by atoms with Crippen molar-refractivity contribution >= 4 is 23.2 Å². The van der Waals surface area contributed by atoms with Crippen molar-refractivity contribution in [3.63, 3.8) is 0 Å². The number of carbonyl (C=O) groups is 2. The van der Waals surface area contributed by atoms with Crippen LogP contribution < -0.4 is 0 Å². The molecule has 3 aromatic rings. The number of amides is 1. The lowest BCUT2D eigenvalue weighted by molar-refractivity contribution is 0.0599. The fourth-order valence-corrected chi connectivity index (χ4v) is 3.94. The molecule has 0 radical (unpaired) electrons. The Hall–Kier alpha value is -3.00. The highest BCUT2D eigenvalue weighted by atomic mass is 32.1. The van der Waals surface area contributed by atoms with Crippen LogP contribution in [0.2, 0.25) is 0 Å². The van der Waals surface area contributed by atoms with Crippen molar-refractivity contribution in [2.24, 2.45) is 0 Å². The molecule has 7 nitrogen and oxygen atoms in total. The number of piperidine rings is 1. The lowest BCUT2D eigenvalue weighted by Crippen LogP contribution is -2.39. The van der Waals surface area contributed by atoms with Gasteiger partial charge in [-0.3, -0.25) is 4.79 Å². The predicted octanol–water partition coefficient (Wildman–Crippen LogP) is 3.60. The SMILES string of the molecule is COC(=O)c1ccc(C(=O)N2CCCC(c3nnc(-c4ccsc4)o3)C2)cc1. The van der Waals surface area contributed by atoms with Gasteiger partial charge in [-0.1, -0.05) is 0 Å². The zero-order chi connectivity index (χ0) is 19.5. The van der Waals surface area contributed by atoms with E-state index in [0.29, 0.717) is 36.0 Å². The number of likely N-dealkylation sites (tertiary alicyclic amines) is 1. The molecule has 28 heavy (non-hydrogen) atoms. The molecule has 3 heterocycles. The smallest absolute Gasteiger partial charge is 0.337 e. The van der Waals surface area contributed by atoms with E-state index >= 15 is 0 Å². The Morgan fingerprint density at radius 3 is 2.68 bits per heavy atom. The van der Waals surface area contributed by atoms with Gasteiger partial charge in [0.2, 0.25) is 11.8 Å². The summed E-state index contributed by atoms with van der Waals surface area (Å²) in [6, 6.07) is 8.45. The van der Waals surface area contributed by atoms with Crippen molar-refractivity contribution < 1.29 is 18.7 Å². The van der Waals surface area contributed by atoms with E-state index < -0.39 is 5.97 Å². The highest BCUT2D eigenvalue weighted by Gasteiger charge is 2.29. The Balaban J connectivity index is 1.46. The molecule has 2 aromatic heterocycles. The highest BCUT2D eigenvalue weighted by Crippen LogP contribution is 2.29. The van der Waals surface area contributed by atoms with Gasteiger partial charge in [-0.2, -0.15) is 11.3 Å². The van der Waals surface area contributed by atoms with Gasteiger partial charge in [0.15, 0.2) is 0 Å². The number of thiophene rings is 1. The first-order valence-corrected chi connectivity index (χ1v) is 9.93. The highest BCUT2D eigenvalue weighted by molar-refractivity contribution is 7.08. The van der Waals surface area contributed by atoms with Gasteiger partial charge in [0, 0.05) is 29.6 Å². The van der Waals surface area contributed by atoms with Crippen molar-refractivity contribution in [1.29, 1.82) is 0 Å². The van der Waals surface area contributed by atoms with Gasteiger partial charge in [-0.15, -0.1) is 10.2 Å². The average molecular weight is 397 g/mol. The first kappa shape index (κ1) is 18.4. The molecule has 0 saturated carbocycles. The lowest BCUT2D eigenvalue weighted by Gasteiger charge is -2.31. The molecule has 144 valence electrons. The minimum atomic E-state index is -0.421. The average Bonchev–Trinajstić information content (AvgIpc) is 3.44. The van der Waals surface area contributed by atoms with Gasteiger partial charge < -0.3 is 14.1 Å². The van der Waals surface area contributed by atoms with Crippen LogP contribution in [0.15, 0.2) is 45.5 Å². The molecule has 1 unspecified atom stereocenters. The molecule has 0 bridgehead atoms. The van der Waals surface area contributed by atoms with E-state index in [0.717, 1.165) is 18.4 Å². The van der Waals surface area contributed by atoms with E-state index in [4.69, 9.17) is 4.42 Å². The zero-order valence-corrected chi connectivity index (χ0v) is 16.1. The van der Waals surface area contributed by atoms with E-state index in [9.17, 15) is 9.59 Å². The number of hydrogen-bond acceptors (Lipinski definition) is 7. The van der Waals surface area contributed by atoms with Crippen LogP contribution in [0.5, 0.6) is 0 Å². The second-order valence-electron chi connectivity index (χ2n) is 6.62. The van der Waals surface area contributed by atoms with Crippen LogP contribution in [0, 0.1) is 0 Å². The third-order valence-corrected chi connectivity index (χ3v) is 5.50. The molecule has 1 aromatic carbocycles. The monoisotopic (exact) mass is 397 g/mol. The predicted molar refractivity (Wildman–Crippen MR) is 103 cm³/mol. The normalized spacial score (nSPS) is 16.8. The number of aromatic nitrogens is 2. The summed E-state index contributed by atoms with van der Waals surface area (Å²) in [6.07, 6.45) is 1.77. The standard InChI is InChI=1S/C20H19N3O4S/c1-26-20(25)14-6-4-13(5-7-14)19(24)23-9-2-3-15(11-23)17-21-22-18(27-17)16-8-10-28-12-16/h4-8,10,12,15H,2-3,9,11H2,1H3. The molecule has 0 spiro atoms. The van der Waals surface area contributed by atoms with Crippen LogP contribution in [0.1, 0.15) is 45.4 Å². The van der Waals surface area contributed by atoms with E-state index in [-0.39, 0.29) is 11.8 Å². The molecule has 1 amide bonds. The van der Waals surface area contributed by atoms with Gasteiger partial charge in [-0.25, -0.2) is 4.79 Å². The summed E-state index contributed by atoms with van der Waals surface area (Å²) >= 11 is 1.58. The number of nitrogens with zero attached hydrogens (tertiary/aromatic N) is 3. The second-order valence-corrected chi connectivity index (χ2v) is 7.40. The third-order valence-electron chi connectivity index (χ3n) is 4.82. The first-order chi connectivity index (χ1) is 13.7. The summed E-state index contributed by atoms with van der Waals surface area (Å²) in [5.41, 5.74) is 1.87. The van der Waals surface area contributed by atoms with E-state index in [1.807, 2.05) is 16.8 Å². The molecule has 1 aliphatic heterocycles. The summed E-state index contributed by atoms with van der Waals surface area (Å²) in [5.74, 6) is 0.610. The van der Waals surface area contributed by atoms with Gasteiger partial charge in [0.1, 0.15) is 0 Å². The molecule has 1 saturated heterocycles. The maximum Gasteiger partial charge on any atom is 0.337 e. The molecular formula is C20H19N3O4S. The summed E-state index contributed by atoms with van der Waals surface area (Å²) < 4.78 is 10.5. The number of carbonyl (C=O) groups excluding carboxylic acids is 2. The van der Waals surface area contributed by atoms with Crippen LogP contribution in [-0.4, -0.2) is 47.2 Å². The number of ether oxygens (including phenoxy) is 1. The number of benzene rings is 1. The Labute approximate surface area is 165 Å². The van der Waals surface area contributed by atoms with Crippen molar-refractivity contribution in [2.45, 2.75) is 18.8 Å². The lowest BCUT2D eigenvalue weighted by atomic mass is 9.97. The quantitative estimate of drug-likeness (QED) is 0.625. The van der Waals surface area contributed by atoms with Gasteiger partial charge >= 0.3 is 5.97 Å². The molecule has 8 heteroatoms.